The maximum atomic E-state index is 3.88. The molecule has 1 rings (SSSR count). The average Bonchev–Trinajstić information content (AvgIpc) is 2.17. The lowest BCUT2D eigenvalue weighted by atomic mass is 10.0. The molecule has 1 aromatic rings. The lowest BCUT2D eigenvalue weighted by molar-refractivity contribution is 1.14. The van der Waals surface area contributed by atoms with Crippen LogP contribution in [0.1, 0.15) is 18.1 Å². The predicted molar refractivity (Wildman–Crippen MR) is 55.1 cm³/mol. The van der Waals surface area contributed by atoms with Gasteiger partial charge in [0, 0.05) is 0 Å². The van der Waals surface area contributed by atoms with E-state index in [0.717, 1.165) is 17.6 Å². The number of benzene rings is 1. The van der Waals surface area contributed by atoms with E-state index in [2.05, 4.69) is 44.3 Å². The van der Waals surface area contributed by atoms with Crippen molar-refractivity contribution < 1.29 is 0 Å². The molecule has 0 nitrogen and oxygen atoms in total. The lowest BCUT2D eigenvalue weighted by Crippen LogP contribution is -1.81. The molecule has 62 valence electrons. The molecule has 1 aromatic carbocycles. The van der Waals surface area contributed by atoms with Crippen molar-refractivity contribution in [1.82, 2.24) is 0 Å². The molecule has 0 saturated heterocycles. The van der Waals surface area contributed by atoms with E-state index in [4.69, 9.17) is 0 Å². The van der Waals surface area contributed by atoms with Crippen LogP contribution in [0.5, 0.6) is 0 Å². The second-order valence-electron chi connectivity index (χ2n) is 2.78. The monoisotopic (exact) mass is 158 g/mol. The van der Waals surface area contributed by atoms with Gasteiger partial charge < -0.3 is 0 Å². The molecule has 0 atom stereocenters. The number of hydrogen-bond donors (Lipinski definition) is 0. The molecule has 12 heavy (non-hydrogen) atoms. The minimum absolute atomic E-state index is 0.984. The van der Waals surface area contributed by atoms with Crippen molar-refractivity contribution in [2.24, 2.45) is 0 Å². The van der Waals surface area contributed by atoms with Crippen LogP contribution in [-0.4, -0.2) is 0 Å². The predicted octanol–water partition coefficient (Wildman–Crippen LogP) is 3.45. The SMILES string of the molecule is C=CC(=C)c1ccc(CC)cc1. The van der Waals surface area contributed by atoms with E-state index in [1.54, 1.807) is 6.08 Å². The molecule has 0 heterocycles. The number of rotatable bonds is 3. The molecule has 0 aliphatic heterocycles. The molecule has 0 aromatic heterocycles. The van der Waals surface area contributed by atoms with Crippen molar-refractivity contribution in [1.29, 1.82) is 0 Å². The first-order chi connectivity index (χ1) is 5.77. The first-order valence-electron chi connectivity index (χ1n) is 4.18. The molecule has 0 unspecified atom stereocenters. The van der Waals surface area contributed by atoms with Gasteiger partial charge >= 0.3 is 0 Å². The highest BCUT2D eigenvalue weighted by atomic mass is 14.0. The first-order valence-corrected chi connectivity index (χ1v) is 4.18. The van der Waals surface area contributed by atoms with Crippen LogP contribution >= 0.6 is 0 Å². The Morgan fingerprint density at radius 3 is 2.33 bits per heavy atom. The van der Waals surface area contributed by atoms with E-state index >= 15 is 0 Å². The maximum absolute atomic E-state index is 3.88. The van der Waals surface area contributed by atoms with Gasteiger partial charge in [-0.15, -0.1) is 0 Å². The minimum atomic E-state index is 0.984. The van der Waals surface area contributed by atoms with Crippen LogP contribution in [0.25, 0.3) is 5.57 Å². The topological polar surface area (TPSA) is 0 Å². The van der Waals surface area contributed by atoms with Gasteiger partial charge in [0.1, 0.15) is 0 Å². The summed E-state index contributed by atoms with van der Waals surface area (Å²) in [4.78, 5) is 0. The van der Waals surface area contributed by atoms with E-state index in [1.165, 1.54) is 5.56 Å². The molecular weight excluding hydrogens is 144 g/mol. The Hall–Kier alpha value is -1.30. The zero-order valence-electron chi connectivity index (χ0n) is 7.51. The van der Waals surface area contributed by atoms with Crippen molar-refractivity contribution >= 4 is 5.57 Å². The van der Waals surface area contributed by atoms with Crippen LogP contribution < -0.4 is 0 Å². The number of aryl methyl sites for hydroxylation is 1. The van der Waals surface area contributed by atoms with Gasteiger partial charge in [0.05, 0.1) is 0 Å². The summed E-state index contributed by atoms with van der Waals surface area (Å²) in [7, 11) is 0. The van der Waals surface area contributed by atoms with E-state index in [9.17, 15) is 0 Å². The van der Waals surface area contributed by atoms with Crippen molar-refractivity contribution in [2.75, 3.05) is 0 Å². The van der Waals surface area contributed by atoms with Gasteiger partial charge in [0.15, 0.2) is 0 Å². The van der Waals surface area contributed by atoms with E-state index in [-0.39, 0.29) is 0 Å². The van der Waals surface area contributed by atoms with Gasteiger partial charge in [0.25, 0.3) is 0 Å². The van der Waals surface area contributed by atoms with Crippen LogP contribution in [0, 0.1) is 0 Å². The Morgan fingerprint density at radius 1 is 1.33 bits per heavy atom. The average molecular weight is 158 g/mol. The van der Waals surface area contributed by atoms with E-state index in [1.807, 2.05) is 0 Å². The first kappa shape index (κ1) is 8.79. The Kier molecular flexibility index (Phi) is 2.87. The van der Waals surface area contributed by atoms with Crippen LogP contribution in [-0.2, 0) is 6.42 Å². The Bertz CT molecular complexity index is 277. The fourth-order valence-electron chi connectivity index (χ4n) is 1.07. The standard InChI is InChI=1S/C12H14/c1-4-10(3)12-8-6-11(5-2)7-9-12/h4,6-9H,1,3,5H2,2H3. The van der Waals surface area contributed by atoms with Gasteiger partial charge in [-0.3, -0.25) is 0 Å². The summed E-state index contributed by atoms with van der Waals surface area (Å²) in [6.07, 6.45) is 2.86. The molecule has 0 bridgehead atoms. The number of allylic oxidation sites excluding steroid dienone is 2. The van der Waals surface area contributed by atoms with Gasteiger partial charge in [0.2, 0.25) is 0 Å². The molecule has 0 N–H and O–H groups in total. The molecule has 0 radical (unpaired) electrons. The van der Waals surface area contributed by atoms with Crippen LogP contribution in [0.2, 0.25) is 0 Å². The molecule has 0 spiro atoms. The summed E-state index contributed by atoms with van der Waals surface area (Å²) in [6.45, 7) is 9.71. The zero-order valence-corrected chi connectivity index (χ0v) is 7.51. The summed E-state index contributed by atoms with van der Waals surface area (Å²) in [6, 6.07) is 8.43. The maximum Gasteiger partial charge on any atom is -0.0190 e. The van der Waals surface area contributed by atoms with Crippen LogP contribution in [0.3, 0.4) is 0 Å². The van der Waals surface area contributed by atoms with Crippen molar-refractivity contribution in [3.8, 4) is 0 Å². The molecular formula is C12H14. The summed E-state index contributed by atoms with van der Waals surface area (Å²) >= 11 is 0. The fourth-order valence-corrected chi connectivity index (χ4v) is 1.07. The third-order valence-corrected chi connectivity index (χ3v) is 1.98. The smallest absolute Gasteiger partial charge is 0.0190 e. The highest BCUT2D eigenvalue weighted by molar-refractivity contribution is 5.71. The van der Waals surface area contributed by atoms with Gasteiger partial charge in [-0.05, 0) is 23.1 Å². The Balaban J connectivity index is 2.91. The van der Waals surface area contributed by atoms with Gasteiger partial charge in [-0.25, -0.2) is 0 Å². The third kappa shape index (κ3) is 1.85. The van der Waals surface area contributed by atoms with Crippen molar-refractivity contribution in [3.63, 3.8) is 0 Å². The summed E-state index contributed by atoms with van der Waals surface area (Å²) in [5, 5.41) is 0. The summed E-state index contributed by atoms with van der Waals surface area (Å²) in [5.41, 5.74) is 3.50. The van der Waals surface area contributed by atoms with Crippen LogP contribution in [0.15, 0.2) is 43.5 Å². The molecule has 0 amide bonds. The summed E-state index contributed by atoms with van der Waals surface area (Å²) < 4.78 is 0. The normalized spacial score (nSPS) is 9.42. The second kappa shape index (κ2) is 3.91. The number of hydrogen-bond acceptors (Lipinski definition) is 0. The van der Waals surface area contributed by atoms with Gasteiger partial charge in [-0.2, -0.15) is 0 Å². The van der Waals surface area contributed by atoms with E-state index < -0.39 is 0 Å². The lowest BCUT2D eigenvalue weighted by Gasteiger charge is -2.01. The van der Waals surface area contributed by atoms with Crippen molar-refractivity contribution in [3.05, 3.63) is 54.6 Å². The zero-order chi connectivity index (χ0) is 8.97. The minimum Gasteiger partial charge on any atom is -0.0985 e. The quantitative estimate of drug-likeness (QED) is 0.591. The Labute approximate surface area is 74.2 Å². The third-order valence-electron chi connectivity index (χ3n) is 1.98. The van der Waals surface area contributed by atoms with E-state index in [0.29, 0.717) is 0 Å². The molecule has 0 fully saturated rings. The molecule has 0 aliphatic rings. The molecule has 0 saturated carbocycles. The van der Waals surface area contributed by atoms with Crippen molar-refractivity contribution in [2.45, 2.75) is 13.3 Å². The molecule has 0 aliphatic carbocycles. The van der Waals surface area contributed by atoms with Crippen LogP contribution in [0.4, 0.5) is 0 Å². The second-order valence-corrected chi connectivity index (χ2v) is 2.78. The fraction of sp³-hybridized carbons (Fsp3) is 0.167. The molecule has 0 heteroatoms. The highest BCUT2D eigenvalue weighted by Gasteiger charge is 1.93. The highest BCUT2D eigenvalue weighted by Crippen LogP contribution is 2.13. The Morgan fingerprint density at radius 2 is 1.92 bits per heavy atom. The summed E-state index contributed by atoms with van der Waals surface area (Å²) in [5.74, 6) is 0. The largest absolute Gasteiger partial charge is 0.0985 e. The van der Waals surface area contributed by atoms with Gasteiger partial charge in [-0.1, -0.05) is 50.4 Å².